The van der Waals surface area contributed by atoms with Crippen LogP contribution >= 0.6 is 0 Å². The molecule has 0 aliphatic heterocycles. The molecule has 0 N–H and O–H groups in total. The van der Waals surface area contributed by atoms with Gasteiger partial charge < -0.3 is 4.57 Å². The minimum Gasteiger partial charge on any atom is -0.309 e. The van der Waals surface area contributed by atoms with Gasteiger partial charge in [0.15, 0.2) is 17.5 Å². The molecule has 258 valence electrons. The summed E-state index contributed by atoms with van der Waals surface area (Å²) >= 11 is 0. The second-order valence-corrected chi connectivity index (χ2v) is 13.7. The molecule has 0 aliphatic rings. The summed E-state index contributed by atoms with van der Waals surface area (Å²) in [5.74, 6) is 1.87. The molecular weight excluding hydrogens is 669 g/mol. The summed E-state index contributed by atoms with van der Waals surface area (Å²) in [6.45, 7) is 0. The Bertz CT molecular complexity index is 2970. The lowest BCUT2D eigenvalue weighted by Gasteiger charge is -2.13. The van der Waals surface area contributed by atoms with Gasteiger partial charge in [-0.25, -0.2) is 15.0 Å². The highest BCUT2D eigenvalue weighted by Gasteiger charge is 2.17. The summed E-state index contributed by atoms with van der Waals surface area (Å²) in [5.41, 5.74) is 13.1. The lowest BCUT2D eigenvalue weighted by Crippen LogP contribution is -2.01. The maximum absolute atomic E-state index is 5.18. The summed E-state index contributed by atoms with van der Waals surface area (Å²) in [6, 6.07) is 72.2. The first kappa shape index (κ1) is 32.2. The zero-order valence-corrected chi connectivity index (χ0v) is 29.9. The van der Waals surface area contributed by atoms with E-state index in [-0.39, 0.29) is 0 Å². The Morgan fingerprint density at radius 3 is 1.47 bits per heavy atom. The first-order valence-electron chi connectivity index (χ1n) is 18.5. The predicted molar refractivity (Wildman–Crippen MR) is 227 cm³/mol. The molecule has 0 bridgehead atoms. The van der Waals surface area contributed by atoms with E-state index in [2.05, 4.69) is 180 Å². The maximum Gasteiger partial charge on any atom is 0.164 e. The fraction of sp³-hybridized carbons (Fsp3) is 0. The number of rotatable bonds is 7. The quantitative estimate of drug-likeness (QED) is 0.166. The van der Waals surface area contributed by atoms with E-state index in [0.717, 1.165) is 44.5 Å². The molecule has 0 aliphatic carbocycles. The Labute approximate surface area is 319 Å². The molecule has 4 heteroatoms. The van der Waals surface area contributed by atoms with Crippen molar-refractivity contribution in [3.63, 3.8) is 0 Å². The Morgan fingerprint density at radius 2 is 0.764 bits per heavy atom. The second kappa shape index (κ2) is 13.8. The number of aromatic nitrogens is 4. The van der Waals surface area contributed by atoms with E-state index in [1.54, 1.807) is 0 Å². The van der Waals surface area contributed by atoms with Gasteiger partial charge in [0.1, 0.15) is 0 Å². The van der Waals surface area contributed by atoms with Crippen LogP contribution in [0.3, 0.4) is 0 Å². The lowest BCUT2D eigenvalue weighted by atomic mass is 9.94. The Balaban J connectivity index is 1.12. The average molecular weight is 703 g/mol. The van der Waals surface area contributed by atoms with E-state index < -0.39 is 0 Å². The van der Waals surface area contributed by atoms with Crippen LogP contribution in [0.4, 0.5) is 0 Å². The predicted octanol–water partition coefficient (Wildman–Crippen LogP) is 13.0. The van der Waals surface area contributed by atoms with Crippen molar-refractivity contribution in [2.75, 3.05) is 0 Å². The zero-order valence-electron chi connectivity index (χ0n) is 29.9. The fourth-order valence-corrected chi connectivity index (χ4v) is 7.62. The van der Waals surface area contributed by atoms with E-state index in [1.165, 1.54) is 33.0 Å². The van der Waals surface area contributed by atoms with E-state index in [9.17, 15) is 0 Å². The van der Waals surface area contributed by atoms with Gasteiger partial charge in [-0.15, -0.1) is 0 Å². The van der Waals surface area contributed by atoms with Gasteiger partial charge in [-0.1, -0.05) is 176 Å². The lowest BCUT2D eigenvalue weighted by molar-refractivity contribution is 1.07. The summed E-state index contributed by atoms with van der Waals surface area (Å²) in [6.07, 6.45) is 0. The van der Waals surface area contributed by atoms with Crippen molar-refractivity contribution in [3.05, 3.63) is 206 Å². The molecule has 0 fully saturated rings. The molecule has 0 spiro atoms. The molecule has 0 atom stereocenters. The third kappa shape index (κ3) is 6.06. The van der Waals surface area contributed by atoms with Gasteiger partial charge in [0.25, 0.3) is 0 Å². The van der Waals surface area contributed by atoms with Gasteiger partial charge in [0.2, 0.25) is 0 Å². The minimum atomic E-state index is 0.617. The van der Waals surface area contributed by atoms with Crippen molar-refractivity contribution in [1.82, 2.24) is 19.5 Å². The van der Waals surface area contributed by atoms with Gasteiger partial charge in [0, 0.05) is 33.2 Å². The molecule has 4 nitrogen and oxygen atoms in total. The standard InChI is InChI=1S/C51H34N4/c1-4-16-35(17-5-1)38-30-31-46-45-28-12-13-29-47(45)55(48(46)34-38)42-25-15-24-41(33-42)51-53-49(37-20-8-3-9-21-37)52-50(54-51)40-23-14-22-39(32-40)44-27-11-10-26-43(44)36-18-6-2-7-19-36/h1-34H. The fourth-order valence-electron chi connectivity index (χ4n) is 7.62. The van der Waals surface area contributed by atoms with Crippen molar-refractivity contribution in [2.45, 2.75) is 0 Å². The minimum absolute atomic E-state index is 0.617. The summed E-state index contributed by atoms with van der Waals surface area (Å²) in [5, 5.41) is 2.42. The van der Waals surface area contributed by atoms with Crippen LogP contribution in [-0.2, 0) is 0 Å². The molecule has 55 heavy (non-hydrogen) atoms. The van der Waals surface area contributed by atoms with Gasteiger partial charge in [-0.2, -0.15) is 0 Å². The van der Waals surface area contributed by atoms with Crippen molar-refractivity contribution >= 4 is 21.8 Å². The molecule has 10 rings (SSSR count). The van der Waals surface area contributed by atoms with Crippen LogP contribution < -0.4 is 0 Å². The Hall–Kier alpha value is -7.43. The van der Waals surface area contributed by atoms with Gasteiger partial charge >= 0.3 is 0 Å². The number of nitrogens with zero attached hydrogens (tertiary/aromatic N) is 4. The number of hydrogen-bond donors (Lipinski definition) is 0. The van der Waals surface area contributed by atoms with E-state index in [4.69, 9.17) is 15.0 Å². The van der Waals surface area contributed by atoms with Crippen LogP contribution in [0, 0.1) is 0 Å². The van der Waals surface area contributed by atoms with Crippen LogP contribution in [0.25, 0.3) is 95.0 Å². The van der Waals surface area contributed by atoms with Crippen LogP contribution in [0.2, 0.25) is 0 Å². The number of para-hydroxylation sites is 1. The molecular formula is C51H34N4. The normalized spacial score (nSPS) is 11.3. The molecule has 0 saturated heterocycles. The average Bonchev–Trinajstić information content (AvgIpc) is 3.61. The number of fused-ring (bicyclic) bond motifs is 3. The number of benzene rings is 8. The maximum atomic E-state index is 5.18. The van der Waals surface area contributed by atoms with Crippen LogP contribution in [-0.4, -0.2) is 19.5 Å². The second-order valence-electron chi connectivity index (χ2n) is 13.7. The SMILES string of the molecule is c1ccc(-c2ccc3c4ccccc4n(-c4cccc(-c5nc(-c6ccccc6)nc(-c6cccc(-c7ccccc7-c7ccccc7)c6)n5)c4)c3c2)cc1. The van der Waals surface area contributed by atoms with Crippen molar-refractivity contribution in [1.29, 1.82) is 0 Å². The summed E-state index contributed by atoms with van der Waals surface area (Å²) < 4.78 is 2.36. The molecule has 0 unspecified atom stereocenters. The zero-order chi connectivity index (χ0) is 36.6. The van der Waals surface area contributed by atoms with Crippen molar-refractivity contribution < 1.29 is 0 Å². The molecule has 2 heterocycles. The smallest absolute Gasteiger partial charge is 0.164 e. The number of hydrogen-bond acceptors (Lipinski definition) is 3. The van der Waals surface area contributed by atoms with Crippen molar-refractivity contribution in [3.8, 4) is 73.2 Å². The van der Waals surface area contributed by atoms with Crippen LogP contribution in [0.1, 0.15) is 0 Å². The summed E-state index contributed by atoms with van der Waals surface area (Å²) in [7, 11) is 0. The molecule has 0 amide bonds. The summed E-state index contributed by atoms with van der Waals surface area (Å²) in [4.78, 5) is 15.4. The molecule has 8 aromatic carbocycles. The third-order valence-electron chi connectivity index (χ3n) is 10.3. The van der Waals surface area contributed by atoms with Crippen molar-refractivity contribution in [2.24, 2.45) is 0 Å². The highest BCUT2D eigenvalue weighted by Crippen LogP contribution is 2.37. The van der Waals surface area contributed by atoms with E-state index >= 15 is 0 Å². The molecule has 0 radical (unpaired) electrons. The van der Waals surface area contributed by atoms with Gasteiger partial charge in [0.05, 0.1) is 11.0 Å². The monoisotopic (exact) mass is 702 g/mol. The first-order valence-corrected chi connectivity index (χ1v) is 18.5. The van der Waals surface area contributed by atoms with Gasteiger partial charge in [-0.05, 0) is 63.7 Å². The Morgan fingerprint density at radius 1 is 0.273 bits per heavy atom. The highest BCUT2D eigenvalue weighted by molar-refractivity contribution is 6.10. The largest absolute Gasteiger partial charge is 0.309 e. The van der Waals surface area contributed by atoms with E-state index in [0.29, 0.717) is 17.5 Å². The van der Waals surface area contributed by atoms with Crippen LogP contribution in [0.5, 0.6) is 0 Å². The Kier molecular flexibility index (Phi) is 8.12. The van der Waals surface area contributed by atoms with Crippen LogP contribution in [0.15, 0.2) is 206 Å². The topological polar surface area (TPSA) is 43.6 Å². The highest BCUT2D eigenvalue weighted by atomic mass is 15.0. The first-order chi connectivity index (χ1) is 27.3. The molecule has 0 saturated carbocycles. The third-order valence-corrected chi connectivity index (χ3v) is 10.3. The van der Waals surface area contributed by atoms with E-state index in [1.807, 2.05) is 30.3 Å². The molecule has 2 aromatic heterocycles. The molecule has 10 aromatic rings. The van der Waals surface area contributed by atoms with Gasteiger partial charge in [-0.3, -0.25) is 0 Å².